The predicted molar refractivity (Wildman–Crippen MR) is 86.6 cm³/mol. The van der Waals surface area contributed by atoms with Gasteiger partial charge in [-0.3, -0.25) is 0 Å². The van der Waals surface area contributed by atoms with Crippen LogP contribution in [0.5, 0.6) is 0 Å². The number of carbonyl (C=O) groups is 1. The van der Waals surface area contributed by atoms with Gasteiger partial charge in [-0.2, -0.15) is 0 Å². The zero-order chi connectivity index (χ0) is 15.3. The number of pyridine rings is 1. The van der Waals surface area contributed by atoms with E-state index in [1.807, 2.05) is 12.1 Å². The summed E-state index contributed by atoms with van der Waals surface area (Å²) in [6.45, 7) is 6.25. The van der Waals surface area contributed by atoms with Gasteiger partial charge >= 0.3 is 6.03 Å². The van der Waals surface area contributed by atoms with Crippen LogP contribution in [-0.2, 0) is 0 Å². The number of urea groups is 1. The lowest BCUT2D eigenvalue weighted by molar-refractivity contribution is 0.244. The molecule has 1 aliphatic rings. The molecule has 0 saturated heterocycles. The molecule has 1 aromatic rings. The molecule has 116 valence electrons. The lowest BCUT2D eigenvalue weighted by atomic mass is 9.96. The molecule has 1 saturated carbocycles. The molecule has 1 fully saturated rings. The molecule has 21 heavy (non-hydrogen) atoms. The molecule has 0 unspecified atom stereocenters. The molecule has 3 N–H and O–H groups in total. The van der Waals surface area contributed by atoms with Crippen LogP contribution >= 0.6 is 0 Å². The van der Waals surface area contributed by atoms with Gasteiger partial charge in [0.1, 0.15) is 5.82 Å². The van der Waals surface area contributed by atoms with Crippen LogP contribution in [0.3, 0.4) is 0 Å². The van der Waals surface area contributed by atoms with Gasteiger partial charge in [-0.05, 0) is 45.7 Å². The normalized spacial score (nSPS) is 16.3. The highest BCUT2D eigenvalue weighted by Crippen LogP contribution is 2.18. The second-order valence-corrected chi connectivity index (χ2v) is 6.74. The van der Waals surface area contributed by atoms with Gasteiger partial charge in [0, 0.05) is 11.6 Å². The maximum absolute atomic E-state index is 11.9. The Morgan fingerprint density at radius 3 is 2.48 bits per heavy atom. The Balaban J connectivity index is 1.83. The quantitative estimate of drug-likeness (QED) is 0.794. The van der Waals surface area contributed by atoms with Crippen LogP contribution < -0.4 is 16.0 Å². The minimum Gasteiger partial charge on any atom is -0.365 e. The summed E-state index contributed by atoms with van der Waals surface area (Å²) in [7, 11) is 0. The first-order valence-corrected chi connectivity index (χ1v) is 7.74. The molecule has 1 heterocycles. The Bertz CT molecular complexity index is 458. The summed E-state index contributed by atoms with van der Waals surface area (Å²) >= 11 is 0. The molecule has 1 aliphatic carbocycles. The highest BCUT2D eigenvalue weighted by molar-refractivity contribution is 5.89. The molecule has 1 aromatic heterocycles. The summed E-state index contributed by atoms with van der Waals surface area (Å²) in [5, 5.41) is 9.15. The average molecular weight is 290 g/mol. The third kappa shape index (κ3) is 5.61. The van der Waals surface area contributed by atoms with E-state index in [2.05, 4.69) is 41.7 Å². The minimum atomic E-state index is -0.139. The summed E-state index contributed by atoms with van der Waals surface area (Å²) in [6.07, 6.45) is 7.54. The number of anilines is 2. The molecule has 0 bridgehead atoms. The van der Waals surface area contributed by atoms with Crippen molar-refractivity contribution in [1.82, 2.24) is 10.3 Å². The van der Waals surface area contributed by atoms with Gasteiger partial charge in [-0.25, -0.2) is 9.78 Å². The Kier molecular flexibility index (Phi) is 5.04. The van der Waals surface area contributed by atoms with Crippen LogP contribution in [0.1, 0.15) is 52.9 Å². The van der Waals surface area contributed by atoms with Crippen molar-refractivity contribution in [3.63, 3.8) is 0 Å². The molecular formula is C16H26N4O. The molecular weight excluding hydrogens is 264 g/mol. The molecule has 0 radical (unpaired) electrons. The lowest BCUT2D eigenvalue weighted by Gasteiger charge is -2.23. The van der Waals surface area contributed by atoms with Crippen LogP contribution in [0, 0.1) is 0 Å². The summed E-state index contributed by atoms with van der Waals surface area (Å²) in [4.78, 5) is 16.2. The molecule has 0 atom stereocenters. The van der Waals surface area contributed by atoms with Gasteiger partial charge in [0.05, 0.1) is 11.9 Å². The van der Waals surface area contributed by atoms with Crippen LogP contribution in [-0.4, -0.2) is 22.6 Å². The largest absolute Gasteiger partial charge is 0.365 e. The Labute approximate surface area is 126 Å². The lowest BCUT2D eigenvalue weighted by Crippen LogP contribution is -2.39. The van der Waals surface area contributed by atoms with Crippen molar-refractivity contribution >= 4 is 17.5 Å². The Hall–Kier alpha value is -1.78. The SMILES string of the molecule is CC(C)(C)Nc1ccc(NC(=O)NC2CCCCC2)cn1. The van der Waals surface area contributed by atoms with E-state index >= 15 is 0 Å². The number of aromatic nitrogens is 1. The summed E-state index contributed by atoms with van der Waals surface area (Å²) in [6, 6.07) is 3.91. The van der Waals surface area contributed by atoms with Gasteiger partial charge in [0.2, 0.25) is 0 Å². The number of amides is 2. The number of nitrogens with one attached hydrogen (secondary N) is 3. The highest BCUT2D eigenvalue weighted by atomic mass is 16.2. The number of hydrogen-bond acceptors (Lipinski definition) is 3. The molecule has 5 nitrogen and oxygen atoms in total. The predicted octanol–water partition coefficient (Wildman–Crippen LogP) is 3.75. The zero-order valence-electron chi connectivity index (χ0n) is 13.2. The second-order valence-electron chi connectivity index (χ2n) is 6.74. The summed E-state index contributed by atoms with van der Waals surface area (Å²) < 4.78 is 0. The molecule has 5 heteroatoms. The standard InChI is InChI=1S/C16H26N4O/c1-16(2,3)20-14-10-9-13(11-17-14)19-15(21)18-12-7-5-4-6-8-12/h9-12H,4-8H2,1-3H3,(H,17,20)(H2,18,19,21). The molecule has 0 aliphatic heterocycles. The number of carbonyl (C=O) groups excluding carboxylic acids is 1. The Morgan fingerprint density at radius 2 is 1.90 bits per heavy atom. The molecule has 0 aromatic carbocycles. The zero-order valence-corrected chi connectivity index (χ0v) is 13.2. The van der Waals surface area contributed by atoms with E-state index in [0.717, 1.165) is 18.7 Å². The third-order valence-corrected chi connectivity index (χ3v) is 3.46. The number of hydrogen-bond donors (Lipinski definition) is 3. The number of rotatable bonds is 3. The van der Waals surface area contributed by atoms with Crippen molar-refractivity contribution < 1.29 is 4.79 Å². The van der Waals surface area contributed by atoms with E-state index in [0.29, 0.717) is 11.7 Å². The van der Waals surface area contributed by atoms with Crippen molar-refractivity contribution in [2.45, 2.75) is 64.5 Å². The van der Waals surface area contributed by atoms with Gasteiger partial charge in [0.15, 0.2) is 0 Å². The van der Waals surface area contributed by atoms with Gasteiger partial charge < -0.3 is 16.0 Å². The first kappa shape index (κ1) is 15.6. The third-order valence-electron chi connectivity index (χ3n) is 3.46. The van der Waals surface area contributed by atoms with E-state index in [-0.39, 0.29) is 11.6 Å². The van der Waals surface area contributed by atoms with E-state index in [1.165, 1.54) is 19.3 Å². The van der Waals surface area contributed by atoms with E-state index in [4.69, 9.17) is 0 Å². The van der Waals surface area contributed by atoms with Gasteiger partial charge in [0.25, 0.3) is 0 Å². The molecule has 2 rings (SSSR count). The fraction of sp³-hybridized carbons (Fsp3) is 0.625. The summed E-state index contributed by atoms with van der Waals surface area (Å²) in [5.74, 6) is 0.806. The second kappa shape index (κ2) is 6.78. The maximum Gasteiger partial charge on any atom is 0.319 e. The van der Waals surface area contributed by atoms with Gasteiger partial charge in [-0.1, -0.05) is 19.3 Å². The van der Waals surface area contributed by atoms with Crippen molar-refractivity contribution in [1.29, 1.82) is 0 Å². The van der Waals surface area contributed by atoms with E-state index in [9.17, 15) is 4.79 Å². The molecule has 2 amide bonds. The average Bonchev–Trinajstić information content (AvgIpc) is 2.40. The van der Waals surface area contributed by atoms with Crippen LogP contribution in [0.2, 0.25) is 0 Å². The highest BCUT2D eigenvalue weighted by Gasteiger charge is 2.15. The van der Waals surface area contributed by atoms with Crippen molar-refractivity contribution in [3.05, 3.63) is 18.3 Å². The van der Waals surface area contributed by atoms with Crippen molar-refractivity contribution in [3.8, 4) is 0 Å². The van der Waals surface area contributed by atoms with E-state index < -0.39 is 0 Å². The van der Waals surface area contributed by atoms with Gasteiger partial charge in [-0.15, -0.1) is 0 Å². The Morgan fingerprint density at radius 1 is 1.19 bits per heavy atom. The summed E-state index contributed by atoms with van der Waals surface area (Å²) in [5.41, 5.74) is 0.683. The first-order chi connectivity index (χ1) is 9.92. The smallest absolute Gasteiger partial charge is 0.319 e. The fourth-order valence-corrected chi connectivity index (χ4v) is 2.53. The maximum atomic E-state index is 11.9. The van der Waals surface area contributed by atoms with Crippen molar-refractivity contribution in [2.75, 3.05) is 10.6 Å². The minimum absolute atomic E-state index is 0.0275. The monoisotopic (exact) mass is 290 g/mol. The van der Waals surface area contributed by atoms with Crippen molar-refractivity contribution in [2.24, 2.45) is 0 Å². The van der Waals surface area contributed by atoms with E-state index in [1.54, 1.807) is 6.20 Å². The topological polar surface area (TPSA) is 66.0 Å². The number of nitrogens with zero attached hydrogens (tertiary/aromatic N) is 1. The first-order valence-electron chi connectivity index (χ1n) is 7.74. The van der Waals surface area contributed by atoms with Crippen LogP contribution in [0.25, 0.3) is 0 Å². The van der Waals surface area contributed by atoms with Crippen LogP contribution in [0.15, 0.2) is 18.3 Å². The van der Waals surface area contributed by atoms with Crippen LogP contribution in [0.4, 0.5) is 16.3 Å². The fourth-order valence-electron chi connectivity index (χ4n) is 2.53. The molecule has 0 spiro atoms.